The van der Waals surface area contributed by atoms with Crippen LogP contribution in [0.3, 0.4) is 0 Å². The molecule has 0 atom stereocenters. The van der Waals surface area contributed by atoms with E-state index in [-0.39, 0.29) is 5.82 Å². The number of thiophene rings is 1. The van der Waals surface area contributed by atoms with E-state index in [4.69, 9.17) is 0 Å². The third kappa shape index (κ3) is 2.23. The first-order chi connectivity index (χ1) is 9.70. The minimum Gasteiger partial charge on any atom is -0.331 e. The van der Waals surface area contributed by atoms with Gasteiger partial charge >= 0.3 is 0 Å². The van der Waals surface area contributed by atoms with E-state index in [1.165, 1.54) is 10.9 Å². The normalized spacial score (nSPS) is 11.3. The van der Waals surface area contributed by atoms with Crippen molar-refractivity contribution in [2.24, 2.45) is 0 Å². The summed E-state index contributed by atoms with van der Waals surface area (Å²) < 4.78 is 17.2. The summed E-state index contributed by atoms with van der Waals surface area (Å²) in [7, 11) is 1.91. The van der Waals surface area contributed by atoms with E-state index in [1.54, 1.807) is 23.6 Å². The molecule has 104 valence electrons. The van der Waals surface area contributed by atoms with Crippen LogP contribution in [0.1, 0.15) is 16.3 Å². The van der Waals surface area contributed by atoms with Gasteiger partial charge in [0.2, 0.25) is 0 Å². The van der Waals surface area contributed by atoms with Gasteiger partial charge in [0, 0.05) is 33.9 Å². The Morgan fingerprint density at radius 2 is 2.25 bits per heavy atom. The molecule has 0 saturated heterocycles. The molecule has 1 N–H and O–H groups in total. The Balaban J connectivity index is 2.15. The molecule has 0 radical (unpaired) electrons. The van der Waals surface area contributed by atoms with Crippen molar-refractivity contribution >= 4 is 21.4 Å². The van der Waals surface area contributed by atoms with Crippen molar-refractivity contribution in [3.63, 3.8) is 0 Å². The second kappa shape index (κ2) is 5.34. The first-order valence-corrected chi connectivity index (χ1v) is 7.33. The third-order valence-electron chi connectivity index (χ3n) is 3.44. The fourth-order valence-electron chi connectivity index (χ4n) is 2.43. The van der Waals surface area contributed by atoms with E-state index in [1.807, 2.05) is 30.8 Å². The number of fused-ring (bicyclic) bond motifs is 1. The van der Waals surface area contributed by atoms with Gasteiger partial charge in [-0.2, -0.15) is 0 Å². The van der Waals surface area contributed by atoms with Gasteiger partial charge in [0.1, 0.15) is 11.6 Å². The van der Waals surface area contributed by atoms with E-state index in [9.17, 15) is 4.39 Å². The number of rotatable bonds is 4. The molecular formula is C15H16FN3S. The largest absolute Gasteiger partial charge is 0.331 e. The van der Waals surface area contributed by atoms with Crippen LogP contribution in [0.4, 0.5) is 4.39 Å². The summed E-state index contributed by atoms with van der Waals surface area (Å²) in [4.78, 5) is 5.41. The lowest BCUT2D eigenvalue weighted by atomic mass is 10.1. The van der Waals surface area contributed by atoms with Crippen molar-refractivity contribution in [3.05, 3.63) is 52.7 Å². The van der Waals surface area contributed by atoms with E-state index < -0.39 is 0 Å². The number of halogens is 1. The van der Waals surface area contributed by atoms with Crippen LogP contribution in [0.2, 0.25) is 0 Å². The van der Waals surface area contributed by atoms with Crippen LogP contribution in [0.5, 0.6) is 0 Å². The molecule has 3 rings (SSSR count). The van der Waals surface area contributed by atoms with Crippen LogP contribution in [-0.2, 0) is 13.1 Å². The highest BCUT2D eigenvalue weighted by Gasteiger charge is 2.15. The number of aryl methyl sites for hydroxylation is 1. The maximum Gasteiger partial charge on any atom is 0.132 e. The summed E-state index contributed by atoms with van der Waals surface area (Å²) in [5.41, 5.74) is 1.05. The summed E-state index contributed by atoms with van der Waals surface area (Å²) in [5.74, 6) is 0.796. The first-order valence-electron chi connectivity index (χ1n) is 6.52. The van der Waals surface area contributed by atoms with Gasteiger partial charge in [0.15, 0.2) is 0 Å². The topological polar surface area (TPSA) is 29.9 Å². The number of nitrogens with zero attached hydrogens (tertiary/aromatic N) is 2. The molecular weight excluding hydrogens is 273 g/mol. The molecule has 0 aliphatic heterocycles. The Kier molecular flexibility index (Phi) is 3.54. The van der Waals surface area contributed by atoms with Gasteiger partial charge in [-0.05, 0) is 31.7 Å². The molecule has 0 aliphatic carbocycles. The lowest BCUT2D eigenvalue weighted by Crippen LogP contribution is -2.08. The Morgan fingerprint density at radius 1 is 1.40 bits per heavy atom. The average Bonchev–Trinajstić information content (AvgIpc) is 2.97. The van der Waals surface area contributed by atoms with Gasteiger partial charge in [0.25, 0.3) is 0 Å². The molecule has 0 spiro atoms. The standard InChI is InChI=1S/C15H16FN3S/c1-10-18-6-7-19(10)9-11-14(8-17-2)20-13-5-3-4-12(16)15(11)13/h3-7,17H,8-9H2,1-2H3. The molecule has 0 unspecified atom stereocenters. The fraction of sp³-hybridized carbons (Fsp3) is 0.267. The molecule has 3 nitrogen and oxygen atoms in total. The highest BCUT2D eigenvalue weighted by atomic mass is 32.1. The van der Waals surface area contributed by atoms with Crippen LogP contribution >= 0.6 is 11.3 Å². The maximum atomic E-state index is 14.2. The second-order valence-corrected chi connectivity index (χ2v) is 5.89. The van der Waals surface area contributed by atoms with Crippen molar-refractivity contribution in [2.45, 2.75) is 20.0 Å². The van der Waals surface area contributed by atoms with Crippen LogP contribution in [0.25, 0.3) is 10.1 Å². The van der Waals surface area contributed by atoms with Crippen molar-refractivity contribution in [3.8, 4) is 0 Å². The van der Waals surface area contributed by atoms with E-state index in [2.05, 4.69) is 10.3 Å². The third-order valence-corrected chi connectivity index (χ3v) is 4.63. The number of aromatic nitrogens is 2. The minimum absolute atomic E-state index is 0.145. The Hall–Kier alpha value is -1.72. The number of nitrogens with one attached hydrogen (secondary N) is 1. The summed E-state index contributed by atoms with van der Waals surface area (Å²) in [5, 5.41) is 3.91. The summed E-state index contributed by atoms with van der Waals surface area (Å²) in [6, 6.07) is 5.28. The van der Waals surface area contributed by atoms with Gasteiger partial charge in [-0.3, -0.25) is 0 Å². The lowest BCUT2D eigenvalue weighted by molar-refractivity contribution is 0.637. The first kappa shape index (κ1) is 13.3. The lowest BCUT2D eigenvalue weighted by Gasteiger charge is -2.08. The highest BCUT2D eigenvalue weighted by Crippen LogP contribution is 2.33. The van der Waals surface area contributed by atoms with Crippen LogP contribution in [0.15, 0.2) is 30.6 Å². The van der Waals surface area contributed by atoms with Gasteiger partial charge in [0.05, 0.1) is 6.54 Å². The second-order valence-electron chi connectivity index (χ2n) is 4.75. The zero-order valence-corrected chi connectivity index (χ0v) is 12.3. The van der Waals surface area contributed by atoms with E-state index >= 15 is 0 Å². The van der Waals surface area contributed by atoms with Gasteiger partial charge in [-0.15, -0.1) is 11.3 Å². The molecule has 3 aromatic rings. The van der Waals surface area contributed by atoms with Crippen molar-refractivity contribution < 1.29 is 4.39 Å². The predicted molar refractivity (Wildman–Crippen MR) is 80.6 cm³/mol. The monoisotopic (exact) mass is 289 g/mol. The van der Waals surface area contributed by atoms with E-state index in [0.717, 1.165) is 28.0 Å². The molecule has 0 saturated carbocycles. The molecule has 0 aliphatic rings. The predicted octanol–water partition coefficient (Wildman–Crippen LogP) is 3.31. The fourth-order valence-corrected chi connectivity index (χ4v) is 3.67. The van der Waals surface area contributed by atoms with Gasteiger partial charge < -0.3 is 9.88 Å². The molecule has 0 bridgehead atoms. The molecule has 0 fully saturated rings. The molecule has 0 amide bonds. The SMILES string of the molecule is CNCc1sc2cccc(F)c2c1Cn1ccnc1C. The zero-order valence-electron chi connectivity index (χ0n) is 11.5. The number of hydrogen-bond donors (Lipinski definition) is 1. The summed E-state index contributed by atoms with van der Waals surface area (Å²) in [6.45, 7) is 3.37. The number of hydrogen-bond acceptors (Lipinski definition) is 3. The molecule has 2 heterocycles. The number of benzene rings is 1. The summed E-state index contributed by atoms with van der Waals surface area (Å²) >= 11 is 1.65. The Labute approximate surface area is 121 Å². The molecule has 2 aromatic heterocycles. The van der Waals surface area contributed by atoms with Crippen molar-refractivity contribution in [1.29, 1.82) is 0 Å². The van der Waals surface area contributed by atoms with Crippen LogP contribution in [0, 0.1) is 12.7 Å². The minimum atomic E-state index is -0.145. The van der Waals surface area contributed by atoms with Crippen molar-refractivity contribution in [1.82, 2.24) is 14.9 Å². The van der Waals surface area contributed by atoms with Crippen LogP contribution < -0.4 is 5.32 Å². The van der Waals surface area contributed by atoms with Gasteiger partial charge in [-0.25, -0.2) is 9.37 Å². The number of imidazole rings is 1. The Bertz CT molecular complexity index is 745. The Morgan fingerprint density at radius 3 is 2.95 bits per heavy atom. The molecule has 20 heavy (non-hydrogen) atoms. The van der Waals surface area contributed by atoms with E-state index in [0.29, 0.717) is 6.54 Å². The quantitative estimate of drug-likeness (QED) is 0.798. The smallest absolute Gasteiger partial charge is 0.132 e. The summed E-state index contributed by atoms with van der Waals surface area (Å²) in [6.07, 6.45) is 3.71. The van der Waals surface area contributed by atoms with Gasteiger partial charge in [-0.1, -0.05) is 6.07 Å². The van der Waals surface area contributed by atoms with Crippen LogP contribution in [-0.4, -0.2) is 16.6 Å². The average molecular weight is 289 g/mol. The zero-order chi connectivity index (χ0) is 14.1. The maximum absolute atomic E-state index is 14.2. The van der Waals surface area contributed by atoms with Crippen molar-refractivity contribution in [2.75, 3.05) is 7.05 Å². The molecule has 1 aromatic carbocycles. The molecule has 5 heteroatoms. The highest BCUT2D eigenvalue weighted by molar-refractivity contribution is 7.19.